The van der Waals surface area contributed by atoms with Gasteiger partial charge in [0.25, 0.3) is 5.91 Å². The molecule has 1 heterocycles. The monoisotopic (exact) mass is 295 g/mol. The van der Waals surface area contributed by atoms with Crippen LogP contribution in [-0.4, -0.2) is 17.9 Å². The maximum absolute atomic E-state index is 12.0. The summed E-state index contributed by atoms with van der Waals surface area (Å²) in [5.41, 5.74) is 0.797. The number of nitrogens with zero attached hydrogens (tertiary/aromatic N) is 1. The largest absolute Gasteiger partial charge is 0.373 e. The molecule has 0 bridgehead atoms. The highest BCUT2D eigenvalue weighted by molar-refractivity contribution is 6.36. The Kier molecular flexibility index (Phi) is 4.24. The fraction of sp³-hybridized carbons (Fsp3) is 0.0769. The number of anilines is 2. The minimum Gasteiger partial charge on any atom is -0.373 e. The Hall–Kier alpha value is -1.78. The Bertz CT molecular complexity index is 617. The number of hydrogen-bond acceptors (Lipinski definition) is 3. The Labute approximate surface area is 120 Å². The van der Waals surface area contributed by atoms with Crippen LogP contribution in [0.5, 0.6) is 0 Å². The lowest BCUT2D eigenvalue weighted by molar-refractivity contribution is 0.102. The maximum Gasteiger partial charge on any atom is 0.274 e. The number of rotatable bonds is 3. The van der Waals surface area contributed by atoms with E-state index in [2.05, 4.69) is 15.6 Å². The lowest BCUT2D eigenvalue weighted by Gasteiger charge is -2.08. The van der Waals surface area contributed by atoms with Gasteiger partial charge in [-0.3, -0.25) is 4.79 Å². The van der Waals surface area contributed by atoms with Gasteiger partial charge in [-0.25, -0.2) is 4.98 Å². The number of aromatic nitrogens is 1. The Morgan fingerprint density at radius 1 is 1.21 bits per heavy atom. The van der Waals surface area contributed by atoms with E-state index in [9.17, 15) is 4.79 Å². The van der Waals surface area contributed by atoms with Crippen LogP contribution in [0.3, 0.4) is 0 Å². The number of pyridine rings is 1. The van der Waals surface area contributed by atoms with E-state index in [1.807, 2.05) is 0 Å². The number of halogens is 2. The molecule has 2 aromatic rings. The minimum atomic E-state index is -0.332. The van der Waals surface area contributed by atoms with Gasteiger partial charge in [0.2, 0.25) is 0 Å². The normalized spacial score (nSPS) is 10.1. The van der Waals surface area contributed by atoms with Crippen molar-refractivity contribution in [2.45, 2.75) is 0 Å². The van der Waals surface area contributed by atoms with Gasteiger partial charge in [0.15, 0.2) is 0 Å². The van der Waals surface area contributed by atoms with Crippen molar-refractivity contribution in [3.63, 3.8) is 0 Å². The van der Waals surface area contributed by atoms with Crippen LogP contribution in [-0.2, 0) is 0 Å². The van der Waals surface area contributed by atoms with Gasteiger partial charge in [-0.1, -0.05) is 29.3 Å². The van der Waals surface area contributed by atoms with Crippen molar-refractivity contribution < 1.29 is 4.79 Å². The summed E-state index contributed by atoms with van der Waals surface area (Å²) in [5.74, 6) is 0.288. The quantitative estimate of drug-likeness (QED) is 0.908. The summed E-state index contributed by atoms with van der Waals surface area (Å²) in [6, 6.07) is 10.0. The first-order valence-electron chi connectivity index (χ1n) is 5.51. The van der Waals surface area contributed by atoms with E-state index in [1.54, 1.807) is 43.4 Å². The Morgan fingerprint density at radius 3 is 2.68 bits per heavy atom. The van der Waals surface area contributed by atoms with E-state index < -0.39 is 0 Å². The lowest BCUT2D eigenvalue weighted by Crippen LogP contribution is -2.14. The van der Waals surface area contributed by atoms with E-state index in [0.717, 1.165) is 0 Å². The van der Waals surface area contributed by atoms with Crippen molar-refractivity contribution in [3.05, 3.63) is 52.1 Å². The molecule has 1 amide bonds. The molecule has 1 aromatic carbocycles. The molecule has 0 spiro atoms. The molecule has 0 aliphatic heterocycles. The summed E-state index contributed by atoms with van der Waals surface area (Å²) < 4.78 is 0. The molecule has 0 aliphatic rings. The van der Waals surface area contributed by atoms with Crippen molar-refractivity contribution in [1.82, 2.24) is 4.98 Å². The predicted octanol–water partition coefficient (Wildman–Crippen LogP) is 3.68. The van der Waals surface area contributed by atoms with E-state index in [1.165, 1.54) is 0 Å². The third-order valence-electron chi connectivity index (χ3n) is 2.42. The lowest BCUT2D eigenvalue weighted by atomic mass is 10.3. The van der Waals surface area contributed by atoms with E-state index in [-0.39, 0.29) is 5.91 Å². The van der Waals surface area contributed by atoms with Gasteiger partial charge in [0, 0.05) is 12.1 Å². The number of amides is 1. The van der Waals surface area contributed by atoms with Gasteiger partial charge in [-0.05, 0) is 30.3 Å². The highest BCUT2D eigenvalue weighted by Crippen LogP contribution is 2.25. The number of carbonyl (C=O) groups excluding carboxylic acids is 1. The molecule has 0 saturated heterocycles. The SMILES string of the molecule is CNc1cccc(C(=O)Nc2ccc(Cl)cc2Cl)n1. The van der Waals surface area contributed by atoms with Crippen molar-refractivity contribution in [1.29, 1.82) is 0 Å². The first kappa shape index (κ1) is 13.6. The molecule has 0 unspecified atom stereocenters. The van der Waals surface area contributed by atoms with Crippen molar-refractivity contribution >= 4 is 40.6 Å². The topological polar surface area (TPSA) is 54.0 Å². The predicted molar refractivity (Wildman–Crippen MR) is 78.2 cm³/mol. The second kappa shape index (κ2) is 5.91. The average Bonchev–Trinajstić information content (AvgIpc) is 2.42. The fourth-order valence-corrected chi connectivity index (χ4v) is 1.93. The zero-order valence-corrected chi connectivity index (χ0v) is 11.6. The summed E-state index contributed by atoms with van der Waals surface area (Å²) in [6.07, 6.45) is 0. The van der Waals surface area contributed by atoms with Gasteiger partial charge >= 0.3 is 0 Å². The van der Waals surface area contributed by atoms with Crippen LogP contribution in [0.4, 0.5) is 11.5 Å². The first-order valence-corrected chi connectivity index (χ1v) is 6.27. The maximum atomic E-state index is 12.0. The van der Waals surface area contributed by atoms with Crippen LogP contribution >= 0.6 is 23.2 Å². The number of benzene rings is 1. The zero-order valence-electron chi connectivity index (χ0n) is 10.1. The molecule has 0 aliphatic carbocycles. The van der Waals surface area contributed by atoms with Gasteiger partial charge in [0.05, 0.1) is 10.7 Å². The summed E-state index contributed by atoms with van der Waals surface area (Å²) in [4.78, 5) is 16.2. The standard InChI is InChI=1S/C13H11Cl2N3O/c1-16-12-4-2-3-11(17-12)13(19)18-10-6-5-8(14)7-9(10)15/h2-7H,1H3,(H,16,17)(H,18,19). The second-order valence-electron chi connectivity index (χ2n) is 3.74. The van der Waals surface area contributed by atoms with Crippen LogP contribution in [0, 0.1) is 0 Å². The minimum absolute atomic E-state index is 0.304. The number of carbonyl (C=O) groups is 1. The van der Waals surface area contributed by atoms with Crippen molar-refractivity contribution in [2.24, 2.45) is 0 Å². The van der Waals surface area contributed by atoms with Crippen LogP contribution in [0.25, 0.3) is 0 Å². The summed E-state index contributed by atoms with van der Waals surface area (Å²) in [7, 11) is 1.74. The smallest absolute Gasteiger partial charge is 0.274 e. The Morgan fingerprint density at radius 2 is 2.00 bits per heavy atom. The first-order chi connectivity index (χ1) is 9.10. The van der Waals surface area contributed by atoms with Crippen LogP contribution in [0.15, 0.2) is 36.4 Å². The number of nitrogens with one attached hydrogen (secondary N) is 2. The van der Waals surface area contributed by atoms with Crippen molar-refractivity contribution in [3.8, 4) is 0 Å². The third-order valence-corrected chi connectivity index (χ3v) is 2.97. The fourth-order valence-electron chi connectivity index (χ4n) is 1.48. The van der Waals surface area contributed by atoms with E-state index in [0.29, 0.717) is 27.2 Å². The molecule has 98 valence electrons. The van der Waals surface area contributed by atoms with E-state index >= 15 is 0 Å². The molecule has 19 heavy (non-hydrogen) atoms. The van der Waals surface area contributed by atoms with Gasteiger partial charge in [0.1, 0.15) is 11.5 Å². The zero-order chi connectivity index (χ0) is 13.8. The molecule has 0 radical (unpaired) electrons. The van der Waals surface area contributed by atoms with Gasteiger partial charge in [-0.15, -0.1) is 0 Å². The second-order valence-corrected chi connectivity index (χ2v) is 4.58. The van der Waals surface area contributed by atoms with Crippen LogP contribution < -0.4 is 10.6 Å². The van der Waals surface area contributed by atoms with Crippen LogP contribution in [0.2, 0.25) is 10.0 Å². The summed E-state index contributed by atoms with van der Waals surface area (Å²) in [5, 5.41) is 6.45. The molecule has 2 rings (SSSR count). The average molecular weight is 296 g/mol. The number of hydrogen-bond donors (Lipinski definition) is 2. The molecular weight excluding hydrogens is 285 g/mol. The molecule has 4 nitrogen and oxygen atoms in total. The molecule has 0 saturated carbocycles. The molecule has 6 heteroatoms. The van der Waals surface area contributed by atoms with E-state index in [4.69, 9.17) is 23.2 Å². The highest BCUT2D eigenvalue weighted by Gasteiger charge is 2.10. The molecule has 0 fully saturated rings. The molecule has 0 atom stereocenters. The van der Waals surface area contributed by atoms with Crippen LogP contribution in [0.1, 0.15) is 10.5 Å². The van der Waals surface area contributed by atoms with Crippen molar-refractivity contribution in [2.75, 3.05) is 17.7 Å². The van der Waals surface area contributed by atoms with Gasteiger partial charge in [-0.2, -0.15) is 0 Å². The molecule has 1 aromatic heterocycles. The molecular formula is C13H11Cl2N3O. The molecule has 2 N–H and O–H groups in total. The summed E-state index contributed by atoms with van der Waals surface area (Å²) >= 11 is 11.8. The Balaban J connectivity index is 2.20. The summed E-state index contributed by atoms with van der Waals surface area (Å²) in [6.45, 7) is 0. The third kappa shape index (κ3) is 3.36. The van der Waals surface area contributed by atoms with Gasteiger partial charge < -0.3 is 10.6 Å². The highest BCUT2D eigenvalue weighted by atomic mass is 35.5.